The molecule has 1 heterocycles. The smallest absolute Gasteiger partial charge is 0.408 e. The third kappa shape index (κ3) is 6.27. The van der Waals surface area contributed by atoms with E-state index in [-0.39, 0.29) is 18.7 Å². The van der Waals surface area contributed by atoms with Crippen LogP contribution in [-0.4, -0.2) is 58.8 Å². The Morgan fingerprint density at radius 3 is 2.49 bits per heavy atom. The number of amides is 2. The number of nitrogens with one attached hydrogen (secondary N) is 1. The number of hydrogen-bond acceptors (Lipinski definition) is 6. The maximum absolute atomic E-state index is 15.2. The molecule has 1 aliphatic rings. The summed E-state index contributed by atoms with van der Waals surface area (Å²) in [5.41, 5.74) is -1.33. The van der Waals surface area contributed by atoms with Crippen LogP contribution in [0.2, 0.25) is 0 Å². The van der Waals surface area contributed by atoms with Gasteiger partial charge >= 0.3 is 6.09 Å². The van der Waals surface area contributed by atoms with E-state index in [9.17, 15) is 14.0 Å². The fraction of sp³-hybridized carbons (Fsp3) is 0.500. The molecular formula is C24H29F3N4O4. The Kier molecular flexibility index (Phi) is 7.39. The molecule has 1 aromatic heterocycles. The third-order valence-corrected chi connectivity index (χ3v) is 5.73. The Morgan fingerprint density at radius 1 is 1.23 bits per heavy atom. The molecule has 1 saturated carbocycles. The van der Waals surface area contributed by atoms with E-state index in [0.29, 0.717) is 11.1 Å². The van der Waals surface area contributed by atoms with E-state index in [1.54, 1.807) is 45.0 Å². The van der Waals surface area contributed by atoms with Crippen LogP contribution in [0.15, 0.2) is 36.7 Å². The summed E-state index contributed by atoms with van der Waals surface area (Å²) in [6.07, 6.45) is -0.124. The highest BCUT2D eigenvalue weighted by Gasteiger charge is 2.61. The summed E-state index contributed by atoms with van der Waals surface area (Å²) in [4.78, 5) is 38.4. The van der Waals surface area contributed by atoms with Crippen LogP contribution >= 0.6 is 0 Å². The zero-order chi connectivity index (χ0) is 26.0. The summed E-state index contributed by atoms with van der Waals surface area (Å²) in [7, 11) is 2.61. The van der Waals surface area contributed by atoms with E-state index in [1.807, 2.05) is 0 Å². The fourth-order valence-electron chi connectivity index (χ4n) is 4.26. The third-order valence-electron chi connectivity index (χ3n) is 5.73. The van der Waals surface area contributed by atoms with Crippen molar-refractivity contribution in [3.05, 3.63) is 48.0 Å². The zero-order valence-corrected chi connectivity index (χ0v) is 20.3. The molecule has 35 heavy (non-hydrogen) atoms. The van der Waals surface area contributed by atoms with Crippen molar-refractivity contribution in [3.8, 4) is 11.4 Å². The molecule has 2 aromatic rings. The monoisotopic (exact) mass is 494 g/mol. The molecule has 0 unspecified atom stereocenters. The molecule has 1 N–H and O–H groups in total. The van der Waals surface area contributed by atoms with Gasteiger partial charge in [0.05, 0.1) is 31.0 Å². The number of carbonyl (C=O) groups excluding carboxylic acids is 2. The lowest BCUT2D eigenvalue weighted by Crippen LogP contribution is -2.46. The molecular weight excluding hydrogens is 465 g/mol. The van der Waals surface area contributed by atoms with Crippen LogP contribution in [0.3, 0.4) is 0 Å². The zero-order valence-electron chi connectivity index (χ0n) is 20.3. The summed E-state index contributed by atoms with van der Waals surface area (Å²) in [5, 5.41) is 3.16. The van der Waals surface area contributed by atoms with Gasteiger partial charge in [0.2, 0.25) is 0 Å². The largest absolute Gasteiger partial charge is 0.444 e. The Labute approximate surface area is 201 Å². The van der Waals surface area contributed by atoms with Gasteiger partial charge in [-0.15, -0.1) is 0 Å². The van der Waals surface area contributed by atoms with Crippen molar-refractivity contribution in [1.82, 2.24) is 20.3 Å². The molecule has 1 aromatic carbocycles. The van der Waals surface area contributed by atoms with Gasteiger partial charge in [0.15, 0.2) is 11.6 Å². The van der Waals surface area contributed by atoms with Gasteiger partial charge in [-0.25, -0.2) is 33.0 Å². The molecule has 0 radical (unpaired) electrons. The first-order valence-electron chi connectivity index (χ1n) is 11.0. The predicted octanol–water partition coefficient (Wildman–Crippen LogP) is 4.15. The molecule has 8 nitrogen and oxygen atoms in total. The second kappa shape index (κ2) is 9.80. The van der Waals surface area contributed by atoms with E-state index in [1.165, 1.54) is 14.2 Å². The summed E-state index contributed by atoms with van der Waals surface area (Å²) >= 11 is 0. The first-order valence-corrected chi connectivity index (χ1v) is 11.0. The number of alkyl halides is 2. The quantitative estimate of drug-likeness (QED) is 0.607. The van der Waals surface area contributed by atoms with Crippen LogP contribution in [0.25, 0.3) is 11.4 Å². The molecule has 1 fully saturated rings. The highest BCUT2D eigenvalue weighted by atomic mass is 19.3. The van der Waals surface area contributed by atoms with Crippen LogP contribution in [0.4, 0.5) is 18.0 Å². The number of alkyl carbamates (subject to hydrolysis) is 1. The highest BCUT2D eigenvalue weighted by Crippen LogP contribution is 2.50. The summed E-state index contributed by atoms with van der Waals surface area (Å²) in [6.45, 7) is 4.87. The van der Waals surface area contributed by atoms with Crippen LogP contribution in [0.5, 0.6) is 0 Å². The summed E-state index contributed by atoms with van der Waals surface area (Å²) in [5.74, 6) is -4.35. The van der Waals surface area contributed by atoms with E-state index < -0.39 is 47.2 Å². The van der Waals surface area contributed by atoms with Crippen molar-refractivity contribution in [2.24, 2.45) is 5.41 Å². The number of ether oxygens (including phenoxy) is 1. The average molecular weight is 495 g/mol. The molecule has 3 rings (SSSR count). The van der Waals surface area contributed by atoms with E-state index >= 15 is 8.78 Å². The minimum absolute atomic E-state index is 0.0589. The minimum Gasteiger partial charge on any atom is -0.444 e. The molecule has 2 amide bonds. The number of aromatic nitrogens is 2. The van der Waals surface area contributed by atoms with Crippen molar-refractivity contribution >= 4 is 12.0 Å². The maximum Gasteiger partial charge on any atom is 0.408 e. The van der Waals surface area contributed by atoms with Crippen molar-refractivity contribution in [3.63, 3.8) is 0 Å². The highest BCUT2D eigenvalue weighted by molar-refractivity contribution is 5.83. The standard InChI is InChI=1S/C24H29F3N4O4/c1-22(2,3)35-21(33)30-18-11-23(14-24(18,26)27,20(32)31(4)34-5)10-15-7-6-8-16(9-15)19-28-12-17(25)13-29-19/h6-9,12-13,18H,10-11,14H2,1-5H3,(H,30,33)/t18-,23-/m1/s1. The van der Waals surface area contributed by atoms with Gasteiger partial charge in [0.25, 0.3) is 11.8 Å². The van der Waals surface area contributed by atoms with Gasteiger partial charge in [-0.1, -0.05) is 18.2 Å². The lowest BCUT2D eigenvalue weighted by molar-refractivity contribution is -0.181. The normalized spacial score (nSPS) is 21.4. The lowest BCUT2D eigenvalue weighted by atomic mass is 9.78. The number of benzene rings is 1. The summed E-state index contributed by atoms with van der Waals surface area (Å²) in [6, 6.07) is 5.13. The topological polar surface area (TPSA) is 93.6 Å². The summed E-state index contributed by atoms with van der Waals surface area (Å²) < 4.78 is 48.7. The van der Waals surface area contributed by atoms with Gasteiger partial charge in [0, 0.05) is 19.0 Å². The van der Waals surface area contributed by atoms with Crippen LogP contribution < -0.4 is 5.32 Å². The van der Waals surface area contributed by atoms with Crippen molar-refractivity contribution in [1.29, 1.82) is 0 Å². The number of rotatable bonds is 6. The molecule has 190 valence electrons. The van der Waals surface area contributed by atoms with Crippen molar-refractivity contribution in [2.45, 2.75) is 57.6 Å². The van der Waals surface area contributed by atoms with Gasteiger partial charge in [-0.3, -0.25) is 9.63 Å². The van der Waals surface area contributed by atoms with Gasteiger partial charge in [0.1, 0.15) is 5.60 Å². The van der Waals surface area contributed by atoms with Crippen LogP contribution in [-0.2, 0) is 20.8 Å². The van der Waals surface area contributed by atoms with Gasteiger partial charge in [-0.05, 0) is 45.2 Å². The van der Waals surface area contributed by atoms with Crippen molar-refractivity contribution < 1.29 is 32.3 Å². The molecule has 11 heteroatoms. The van der Waals surface area contributed by atoms with Crippen LogP contribution in [0, 0.1) is 11.2 Å². The van der Waals surface area contributed by atoms with E-state index in [4.69, 9.17) is 9.57 Å². The number of hydrogen-bond donors (Lipinski definition) is 1. The fourth-order valence-corrected chi connectivity index (χ4v) is 4.26. The van der Waals surface area contributed by atoms with Crippen molar-refractivity contribution in [2.75, 3.05) is 14.2 Å². The average Bonchev–Trinajstić information content (AvgIpc) is 3.01. The van der Waals surface area contributed by atoms with Crippen LogP contribution in [0.1, 0.15) is 39.2 Å². The first-order chi connectivity index (χ1) is 16.2. The van der Waals surface area contributed by atoms with E-state index in [0.717, 1.165) is 17.5 Å². The maximum atomic E-state index is 15.2. The number of hydroxylamine groups is 2. The van der Waals surface area contributed by atoms with Gasteiger partial charge in [-0.2, -0.15) is 0 Å². The molecule has 0 aliphatic heterocycles. The number of nitrogens with zero attached hydrogens (tertiary/aromatic N) is 3. The SMILES string of the molecule is CON(C)C(=O)[C@]1(Cc2cccc(-c3ncc(F)cn3)c2)C[C@@H](NC(=O)OC(C)(C)C)C(F)(F)C1. The number of carbonyl (C=O) groups is 2. The number of halogens is 3. The first kappa shape index (κ1) is 26.4. The molecule has 0 bridgehead atoms. The Balaban J connectivity index is 1.92. The van der Waals surface area contributed by atoms with Gasteiger partial charge < -0.3 is 10.1 Å². The molecule has 1 aliphatic carbocycles. The molecule has 0 saturated heterocycles. The second-order valence-corrected chi connectivity index (χ2v) is 9.71. The Hall–Kier alpha value is -3.21. The minimum atomic E-state index is -3.38. The Bertz CT molecular complexity index is 1080. The molecule has 2 atom stereocenters. The predicted molar refractivity (Wildman–Crippen MR) is 121 cm³/mol. The van der Waals surface area contributed by atoms with E-state index in [2.05, 4.69) is 15.3 Å². The second-order valence-electron chi connectivity index (χ2n) is 9.71. The molecule has 0 spiro atoms. The Morgan fingerprint density at radius 2 is 1.89 bits per heavy atom. The lowest BCUT2D eigenvalue weighted by Gasteiger charge is -2.31.